The maximum absolute atomic E-state index is 5.95. The zero-order valence-electron chi connectivity index (χ0n) is 11.5. The molecule has 0 unspecified atom stereocenters. The van der Waals surface area contributed by atoms with Gasteiger partial charge in [0, 0.05) is 11.3 Å². The summed E-state index contributed by atoms with van der Waals surface area (Å²) in [7, 11) is 0. The smallest absolute Gasteiger partial charge is 0.119 e. The number of anilines is 1. The van der Waals surface area contributed by atoms with Crippen LogP contribution in [0.4, 0.5) is 5.69 Å². The van der Waals surface area contributed by atoms with E-state index in [2.05, 4.69) is 26.7 Å². The molecule has 0 spiro atoms. The summed E-state index contributed by atoms with van der Waals surface area (Å²) >= 11 is 0. The number of ether oxygens (including phenoxy) is 1. The molecule has 100 valence electrons. The van der Waals surface area contributed by atoms with E-state index in [-0.39, 0.29) is 0 Å². The molecule has 2 nitrogen and oxygen atoms in total. The van der Waals surface area contributed by atoms with Crippen LogP contribution in [0.2, 0.25) is 0 Å². The molecule has 2 N–H and O–H groups in total. The SMILES string of the molecule is C=CC=CC(=C)C(=C)OCc1ccc(CC)c(N)c1. The molecule has 0 heterocycles. The van der Waals surface area contributed by atoms with Crippen LogP contribution in [0.5, 0.6) is 0 Å². The lowest BCUT2D eigenvalue weighted by Gasteiger charge is -2.11. The predicted octanol–water partition coefficient (Wildman–Crippen LogP) is 4.16. The van der Waals surface area contributed by atoms with E-state index < -0.39 is 0 Å². The van der Waals surface area contributed by atoms with Crippen LogP contribution in [0.25, 0.3) is 0 Å². The third kappa shape index (κ3) is 4.51. The Bertz CT molecular complexity index is 512. The molecule has 0 bridgehead atoms. The molecule has 0 saturated heterocycles. The first-order valence-corrected chi connectivity index (χ1v) is 6.25. The number of benzene rings is 1. The van der Waals surface area contributed by atoms with E-state index in [1.165, 1.54) is 0 Å². The Balaban J connectivity index is 2.59. The third-order valence-corrected chi connectivity index (χ3v) is 2.80. The molecule has 0 amide bonds. The van der Waals surface area contributed by atoms with Gasteiger partial charge in [0.2, 0.25) is 0 Å². The van der Waals surface area contributed by atoms with Crippen LogP contribution in [-0.4, -0.2) is 0 Å². The summed E-state index contributed by atoms with van der Waals surface area (Å²) in [5.41, 5.74) is 9.66. The summed E-state index contributed by atoms with van der Waals surface area (Å²) in [6, 6.07) is 5.99. The van der Waals surface area contributed by atoms with Crippen molar-refractivity contribution in [3.8, 4) is 0 Å². The van der Waals surface area contributed by atoms with Gasteiger partial charge in [-0.15, -0.1) is 0 Å². The number of allylic oxidation sites excluding steroid dienone is 3. The minimum Gasteiger partial charge on any atom is -0.489 e. The minimum atomic E-state index is 0.438. The van der Waals surface area contributed by atoms with E-state index in [4.69, 9.17) is 10.5 Å². The Labute approximate surface area is 115 Å². The van der Waals surface area contributed by atoms with Crippen LogP contribution in [0.1, 0.15) is 18.1 Å². The van der Waals surface area contributed by atoms with Crippen LogP contribution in [0, 0.1) is 0 Å². The molecule has 0 aliphatic rings. The summed E-state index contributed by atoms with van der Waals surface area (Å²) < 4.78 is 5.58. The fraction of sp³-hybridized carbons (Fsp3) is 0.176. The third-order valence-electron chi connectivity index (χ3n) is 2.80. The Morgan fingerprint density at radius 3 is 2.68 bits per heavy atom. The number of rotatable bonds is 7. The molecule has 0 aromatic heterocycles. The standard InChI is InChI=1S/C17H21NO/c1-5-7-8-13(3)14(4)19-12-15-9-10-16(6-2)17(18)11-15/h5,7-11H,1,3-4,6,12,18H2,2H3. The Morgan fingerprint density at radius 2 is 2.11 bits per heavy atom. The van der Waals surface area contributed by atoms with Gasteiger partial charge in [0.1, 0.15) is 12.4 Å². The van der Waals surface area contributed by atoms with Crippen molar-refractivity contribution in [1.82, 2.24) is 0 Å². The average Bonchev–Trinajstić information content (AvgIpc) is 2.42. The summed E-state index contributed by atoms with van der Waals surface area (Å²) in [6.45, 7) is 13.8. The molecule has 2 heteroatoms. The number of nitrogens with two attached hydrogens (primary N) is 1. The van der Waals surface area contributed by atoms with Gasteiger partial charge in [0.25, 0.3) is 0 Å². The second-order valence-corrected chi connectivity index (χ2v) is 4.22. The largest absolute Gasteiger partial charge is 0.489 e. The highest BCUT2D eigenvalue weighted by molar-refractivity contribution is 5.49. The first-order chi connectivity index (χ1) is 9.08. The summed E-state index contributed by atoms with van der Waals surface area (Å²) in [4.78, 5) is 0. The fourth-order valence-corrected chi connectivity index (χ4v) is 1.60. The van der Waals surface area contributed by atoms with Gasteiger partial charge in [-0.3, -0.25) is 0 Å². The molecule has 0 atom stereocenters. The minimum absolute atomic E-state index is 0.438. The first-order valence-electron chi connectivity index (χ1n) is 6.25. The van der Waals surface area contributed by atoms with Crippen molar-refractivity contribution in [2.24, 2.45) is 0 Å². The quantitative estimate of drug-likeness (QED) is 0.451. The maximum atomic E-state index is 5.95. The topological polar surface area (TPSA) is 35.2 Å². The van der Waals surface area contributed by atoms with Gasteiger partial charge in [-0.05, 0) is 23.6 Å². The van der Waals surface area contributed by atoms with Gasteiger partial charge >= 0.3 is 0 Å². The van der Waals surface area contributed by atoms with Gasteiger partial charge in [0.05, 0.1) is 0 Å². The second-order valence-electron chi connectivity index (χ2n) is 4.22. The molecule has 0 fully saturated rings. The normalized spacial score (nSPS) is 10.4. The molecule has 0 saturated carbocycles. The Morgan fingerprint density at radius 1 is 1.37 bits per heavy atom. The van der Waals surface area contributed by atoms with E-state index in [0.29, 0.717) is 12.4 Å². The van der Waals surface area contributed by atoms with Crippen molar-refractivity contribution in [3.63, 3.8) is 0 Å². The Hall–Kier alpha value is -2.22. The van der Waals surface area contributed by atoms with Crippen molar-refractivity contribution in [2.75, 3.05) is 5.73 Å². The lowest BCUT2D eigenvalue weighted by molar-refractivity contribution is 0.209. The van der Waals surface area contributed by atoms with Gasteiger partial charge in [-0.25, -0.2) is 0 Å². The number of nitrogen functional groups attached to an aromatic ring is 1. The highest BCUT2D eigenvalue weighted by Gasteiger charge is 2.02. The van der Waals surface area contributed by atoms with E-state index in [1.54, 1.807) is 12.2 Å². The van der Waals surface area contributed by atoms with Crippen molar-refractivity contribution < 1.29 is 4.74 Å². The maximum Gasteiger partial charge on any atom is 0.119 e. The molecule has 0 aliphatic carbocycles. The molecular formula is C17H21NO. The fourth-order valence-electron chi connectivity index (χ4n) is 1.60. The van der Waals surface area contributed by atoms with Gasteiger partial charge in [-0.1, -0.05) is 57.0 Å². The highest BCUT2D eigenvalue weighted by Crippen LogP contribution is 2.17. The number of aryl methyl sites for hydroxylation is 1. The van der Waals surface area contributed by atoms with Crippen LogP contribution >= 0.6 is 0 Å². The van der Waals surface area contributed by atoms with Crippen molar-refractivity contribution >= 4 is 5.69 Å². The van der Waals surface area contributed by atoms with Gasteiger partial charge in [0.15, 0.2) is 0 Å². The van der Waals surface area contributed by atoms with Crippen molar-refractivity contribution in [3.05, 3.63) is 78.6 Å². The molecule has 1 aromatic carbocycles. The van der Waals surface area contributed by atoms with Crippen LogP contribution in [0.3, 0.4) is 0 Å². The molecule has 1 rings (SSSR count). The highest BCUT2D eigenvalue weighted by atomic mass is 16.5. The number of hydrogen-bond acceptors (Lipinski definition) is 2. The van der Waals surface area contributed by atoms with Gasteiger partial charge in [-0.2, -0.15) is 0 Å². The van der Waals surface area contributed by atoms with Crippen LogP contribution in [-0.2, 0) is 17.8 Å². The lowest BCUT2D eigenvalue weighted by atomic mass is 10.1. The number of hydrogen-bond donors (Lipinski definition) is 1. The monoisotopic (exact) mass is 255 g/mol. The molecule has 0 aliphatic heterocycles. The van der Waals surface area contributed by atoms with E-state index in [0.717, 1.165) is 28.8 Å². The predicted molar refractivity (Wildman–Crippen MR) is 82.6 cm³/mol. The lowest BCUT2D eigenvalue weighted by Crippen LogP contribution is -1.98. The molecular weight excluding hydrogens is 234 g/mol. The Kier molecular flexibility index (Phi) is 5.68. The average molecular weight is 255 g/mol. The molecule has 19 heavy (non-hydrogen) atoms. The summed E-state index contributed by atoms with van der Waals surface area (Å²) in [5, 5.41) is 0. The van der Waals surface area contributed by atoms with Crippen LogP contribution in [0.15, 0.2) is 67.5 Å². The summed E-state index contributed by atoms with van der Waals surface area (Å²) in [5.74, 6) is 0.552. The molecule has 1 aromatic rings. The zero-order valence-corrected chi connectivity index (χ0v) is 11.5. The molecule has 0 radical (unpaired) electrons. The van der Waals surface area contributed by atoms with E-state index in [1.807, 2.05) is 24.3 Å². The summed E-state index contributed by atoms with van der Waals surface area (Å²) in [6.07, 6.45) is 6.22. The van der Waals surface area contributed by atoms with E-state index >= 15 is 0 Å². The zero-order chi connectivity index (χ0) is 14.3. The van der Waals surface area contributed by atoms with Crippen molar-refractivity contribution in [2.45, 2.75) is 20.0 Å². The van der Waals surface area contributed by atoms with E-state index in [9.17, 15) is 0 Å². The second kappa shape index (κ2) is 7.27. The van der Waals surface area contributed by atoms with Crippen LogP contribution < -0.4 is 5.73 Å². The van der Waals surface area contributed by atoms with Gasteiger partial charge < -0.3 is 10.5 Å². The van der Waals surface area contributed by atoms with Crippen molar-refractivity contribution in [1.29, 1.82) is 0 Å². The first kappa shape index (κ1) is 14.8.